The van der Waals surface area contributed by atoms with Gasteiger partial charge in [-0.15, -0.1) is 0 Å². The Morgan fingerprint density at radius 2 is 1.47 bits per heavy atom. The lowest BCUT2D eigenvalue weighted by Gasteiger charge is -2.21. The van der Waals surface area contributed by atoms with Gasteiger partial charge in [-0.1, -0.05) is 30.3 Å². The second-order valence-corrected chi connectivity index (χ2v) is 9.13. The molecule has 34 heavy (non-hydrogen) atoms. The van der Waals surface area contributed by atoms with Crippen LogP contribution < -0.4 is 0 Å². The summed E-state index contributed by atoms with van der Waals surface area (Å²) in [5.41, 5.74) is 1.74. The smallest absolute Gasteiger partial charge is 0.342 e. The number of aromatic nitrogens is 1. The number of rotatable bonds is 6. The molecule has 7 nitrogen and oxygen atoms in total. The second kappa shape index (κ2) is 10.3. The molecule has 0 aliphatic carbocycles. The van der Waals surface area contributed by atoms with Crippen molar-refractivity contribution in [1.29, 1.82) is 0 Å². The lowest BCUT2D eigenvalue weighted by Crippen LogP contribution is -2.26. The first-order valence-corrected chi connectivity index (χ1v) is 11.7. The van der Waals surface area contributed by atoms with E-state index in [-0.39, 0.29) is 22.3 Å². The minimum atomic E-state index is -0.764. The third-order valence-corrected chi connectivity index (χ3v) is 5.34. The summed E-state index contributed by atoms with van der Waals surface area (Å²) in [7, 11) is 0. The number of pyridine rings is 1. The third kappa shape index (κ3) is 5.44. The van der Waals surface area contributed by atoms with Crippen LogP contribution in [0.5, 0.6) is 0 Å². The molecule has 0 bridgehead atoms. The highest BCUT2D eigenvalue weighted by Gasteiger charge is 2.30. The summed E-state index contributed by atoms with van der Waals surface area (Å²) < 4.78 is 16.0. The summed E-state index contributed by atoms with van der Waals surface area (Å²) in [5.74, 6) is -1.73. The first kappa shape index (κ1) is 25.4. The van der Waals surface area contributed by atoms with Gasteiger partial charge in [0, 0.05) is 10.9 Å². The molecule has 0 aliphatic heterocycles. The number of hydrogen-bond acceptors (Lipinski definition) is 7. The van der Waals surface area contributed by atoms with Crippen LogP contribution in [0.3, 0.4) is 0 Å². The maximum Gasteiger partial charge on any atom is 0.342 e. The Balaban J connectivity index is 2.22. The predicted molar refractivity (Wildman–Crippen MR) is 132 cm³/mol. The molecular weight excluding hydrogens is 502 g/mol. The molecule has 0 spiro atoms. The van der Waals surface area contributed by atoms with Crippen LogP contribution in [-0.2, 0) is 14.2 Å². The topological polar surface area (TPSA) is 91.8 Å². The van der Waals surface area contributed by atoms with Crippen LogP contribution >= 0.6 is 15.9 Å². The van der Waals surface area contributed by atoms with Gasteiger partial charge in [-0.3, -0.25) is 0 Å². The summed E-state index contributed by atoms with van der Waals surface area (Å²) in [6, 6.07) is 12.2. The Morgan fingerprint density at radius 3 is 2.06 bits per heavy atom. The van der Waals surface area contributed by atoms with Crippen molar-refractivity contribution in [2.24, 2.45) is 0 Å². The van der Waals surface area contributed by atoms with Gasteiger partial charge < -0.3 is 14.2 Å². The number of nitrogens with zero attached hydrogens (tertiary/aromatic N) is 1. The van der Waals surface area contributed by atoms with Crippen molar-refractivity contribution in [3.63, 3.8) is 0 Å². The van der Waals surface area contributed by atoms with Gasteiger partial charge in [-0.2, -0.15) is 0 Å². The molecule has 0 unspecified atom stereocenters. The second-order valence-electron chi connectivity index (χ2n) is 8.37. The van der Waals surface area contributed by atoms with E-state index in [0.717, 1.165) is 11.1 Å². The number of halogens is 1. The normalized spacial score (nSPS) is 11.2. The summed E-state index contributed by atoms with van der Waals surface area (Å²) in [5, 5.41) is 0.453. The van der Waals surface area contributed by atoms with Crippen molar-refractivity contribution in [3.05, 3.63) is 63.8 Å². The molecule has 0 saturated carbocycles. The Kier molecular flexibility index (Phi) is 7.71. The first-order valence-electron chi connectivity index (χ1n) is 10.9. The van der Waals surface area contributed by atoms with E-state index in [1.165, 1.54) is 0 Å². The van der Waals surface area contributed by atoms with E-state index in [4.69, 9.17) is 14.2 Å². The molecule has 0 amide bonds. The van der Waals surface area contributed by atoms with Gasteiger partial charge in [0.2, 0.25) is 0 Å². The maximum atomic E-state index is 13.0. The highest BCUT2D eigenvalue weighted by molar-refractivity contribution is 9.10. The van der Waals surface area contributed by atoms with Crippen LogP contribution in [0.4, 0.5) is 0 Å². The lowest BCUT2D eigenvalue weighted by molar-refractivity contribution is 0.00628. The molecule has 3 rings (SSSR count). The van der Waals surface area contributed by atoms with Crippen LogP contribution in [0.15, 0.2) is 47.1 Å². The van der Waals surface area contributed by atoms with E-state index in [1.807, 2.05) is 6.07 Å². The Hall–Kier alpha value is -3.26. The molecule has 0 N–H and O–H groups in total. The van der Waals surface area contributed by atoms with Gasteiger partial charge in [-0.05, 0) is 68.2 Å². The minimum absolute atomic E-state index is 0.00989. The average Bonchev–Trinajstić information content (AvgIpc) is 2.77. The van der Waals surface area contributed by atoms with E-state index < -0.39 is 23.5 Å². The lowest BCUT2D eigenvalue weighted by atomic mass is 9.96. The van der Waals surface area contributed by atoms with Crippen LogP contribution in [0.1, 0.15) is 65.7 Å². The standard InChI is InChI=1S/C26H26BrNO6/c1-6-32-23(29)16-13-11-15(12-14-16)17-9-8-10-18-19(24(30)33-7-2)20(22(27)28-21(17)18)25(31)34-26(3,4)5/h8-14H,6-7H2,1-5H3. The van der Waals surface area contributed by atoms with Gasteiger partial charge >= 0.3 is 17.9 Å². The molecule has 0 fully saturated rings. The molecule has 2 aromatic carbocycles. The largest absolute Gasteiger partial charge is 0.462 e. The highest BCUT2D eigenvalue weighted by atomic mass is 79.9. The monoisotopic (exact) mass is 527 g/mol. The first-order chi connectivity index (χ1) is 16.1. The fraction of sp³-hybridized carbons (Fsp3) is 0.308. The van der Waals surface area contributed by atoms with Gasteiger partial charge in [0.1, 0.15) is 15.8 Å². The van der Waals surface area contributed by atoms with Crippen molar-refractivity contribution >= 4 is 44.7 Å². The van der Waals surface area contributed by atoms with E-state index in [0.29, 0.717) is 23.1 Å². The number of esters is 3. The van der Waals surface area contributed by atoms with E-state index in [1.54, 1.807) is 71.0 Å². The molecule has 0 atom stereocenters. The number of ether oxygens (including phenoxy) is 3. The fourth-order valence-corrected chi connectivity index (χ4v) is 3.96. The Labute approximate surface area is 206 Å². The van der Waals surface area contributed by atoms with Gasteiger partial charge in [0.05, 0.1) is 29.9 Å². The summed E-state index contributed by atoms with van der Waals surface area (Å²) in [4.78, 5) is 42.6. The van der Waals surface area contributed by atoms with Crippen LogP contribution in [0.2, 0.25) is 0 Å². The molecular formula is C26H26BrNO6. The van der Waals surface area contributed by atoms with Crippen LogP contribution in [-0.4, -0.2) is 41.7 Å². The SMILES string of the molecule is CCOC(=O)c1ccc(-c2cccc3c(C(=O)OCC)c(C(=O)OC(C)(C)C)c(Br)nc23)cc1. The van der Waals surface area contributed by atoms with Crippen molar-refractivity contribution in [1.82, 2.24) is 4.98 Å². The maximum absolute atomic E-state index is 13.0. The number of hydrogen-bond donors (Lipinski definition) is 0. The summed E-state index contributed by atoms with van der Waals surface area (Å²) >= 11 is 3.37. The Morgan fingerprint density at radius 1 is 0.853 bits per heavy atom. The van der Waals surface area contributed by atoms with E-state index >= 15 is 0 Å². The van der Waals surface area contributed by atoms with Crippen molar-refractivity contribution in [2.45, 2.75) is 40.2 Å². The zero-order valence-electron chi connectivity index (χ0n) is 19.7. The van der Waals surface area contributed by atoms with Gasteiger partial charge in [0.15, 0.2) is 0 Å². The molecule has 178 valence electrons. The molecule has 0 aliphatic rings. The number of fused-ring (bicyclic) bond motifs is 1. The third-order valence-electron chi connectivity index (χ3n) is 4.76. The van der Waals surface area contributed by atoms with E-state index in [9.17, 15) is 14.4 Å². The van der Waals surface area contributed by atoms with Crippen molar-refractivity contribution in [2.75, 3.05) is 13.2 Å². The van der Waals surface area contributed by atoms with Crippen LogP contribution in [0, 0.1) is 0 Å². The highest BCUT2D eigenvalue weighted by Crippen LogP contribution is 2.35. The minimum Gasteiger partial charge on any atom is -0.462 e. The van der Waals surface area contributed by atoms with Crippen molar-refractivity contribution < 1.29 is 28.6 Å². The van der Waals surface area contributed by atoms with Gasteiger partial charge in [0.25, 0.3) is 0 Å². The van der Waals surface area contributed by atoms with Gasteiger partial charge in [-0.25, -0.2) is 19.4 Å². The van der Waals surface area contributed by atoms with Crippen molar-refractivity contribution in [3.8, 4) is 11.1 Å². The quantitative estimate of drug-likeness (QED) is 0.221. The fourth-order valence-electron chi connectivity index (χ4n) is 3.42. The predicted octanol–water partition coefficient (Wildman–Crippen LogP) is 5.97. The number of para-hydroxylation sites is 1. The molecule has 8 heteroatoms. The summed E-state index contributed by atoms with van der Waals surface area (Å²) in [6.45, 7) is 9.11. The molecule has 1 aromatic heterocycles. The zero-order chi connectivity index (χ0) is 25.0. The number of carbonyl (C=O) groups excluding carboxylic acids is 3. The number of benzene rings is 2. The molecule has 0 saturated heterocycles. The molecule has 1 heterocycles. The zero-order valence-corrected chi connectivity index (χ0v) is 21.3. The van der Waals surface area contributed by atoms with Crippen LogP contribution in [0.25, 0.3) is 22.0 Å². The number of carbonyl (C=O) groups is 3. The molecule has 3 aromatic rings. The van der Waals surface area contributed by atoms with E-state index in [2.05, 4.69) is 20.9 Å². The molecule has 0 radical (unpaired) electrons. The Bertz CT molecular complexity index is 1240. The average molecular weight is 528 g/mol. The summed E-state index contributed by atoms with van der Waals surface area (Å²) in [6.07, 6.45) is 0.